The van der Waals surface area contributed by atoms with Crippen LogP contribution in [0.1, 0.15) is 16.9 Å². The molecule has 0 aliphatic rings. The van der Waals surface area contributed by atoms with Crippen molar-refractivity contribution in [3.8, 4) is 23.1 Å². The molecule has 1 aromatic heterocycles. The first-order valence-corrected chi connectivity index (χ1v) is 6.94. The second-order valence-electron chi connectivity index (χ2n) is 3.78. The summed E-state index contributed by atoms with van der Waals surface area (Å²) in [6.45, 7) is 2.03. The summed E-state index contributed by atoms with van der Waals surface area (Å²) in [5.41, 5.74) is 8.72. The lowest BCUT2D eigenvalue weighted by Crippen LogP contribution is -1.84. The zero-order chi connectivity index (χ0) is 13.0. The van der Waals surface area contributed by atoms with Crippen LogP contribution < -0.4 is 5.73 Å². The Bertz CT molecular complexity index is 590. The number of halogens is 1. The first kappa shape index (κ1) is 12.9. The topological polar surface area (TPSA) is 38.9 Å². The van der Waals surface area contributed by atoms with Gasteiger partial charge in [-0.3, -0.25) is 0 Å². The van der Waals surface area contributed by atoms with Crippen LogP contribution in [0.3, 0.4) is 0 Å². The van der Waals surface area contributed by atoms with Crippen molar-refractivity contribution in [2.75, 3.05) is 11.6 Å². The zero-order valence-corrected chi connectivity index (χ0v) is 11.6. The van der Waals surface area contributed by atoms with Crippen LogP contribution in [-0.2, 0) is 0 Å². The molecule has 92 valence electrons. The lowest BCUT2D eigenvalue weighted by Gasteiger charge is -1.98. The Morgan fingerprint density at radius 1 is 1.33 bits per heavy atom. The van der Waals surface area contributed by atoms with E-state index in [9.17, 15) is 0 Å². The SMILES string of the molecule is Cc1sc(N)nc1-c1ccc(C#CCCCl)cc1. The van der Waals surface area contributed by atoms with Crippen molar-refractivity contribution in [3.63, 3.8) is 0 Å². The molecule has 2 aromatic rings. The molecule has 1 heterocycles. The van der Waals surface area contributed by atoms with Crippen LogP contribution in [0, 0.1) is 18.8 Å². The van der Waals surface area contributed by atoms with Crippen LogP contribution in [0.15, 0.2) is 24.3 Å². The van der Waals surface area contributed by atoms with E-state index >= 15 is 0 Å². The second-order valence-corrected chi connectivity index (χ2v) is 5.39. The van der Waals surface area contributed by atoms with E-state index in [1.54, 1.807) is 0 Å². The molecule has 0 bridgehead atoms. The number of nitrogens with zero attached hydrogens (tertiary/aromatic N) is 1. The van der Waals surface area contributed by atoms with Crippen molar-refractivity contribution in [3.05, 3.63) is 34.7 Å². The molecule has 0 atom stereocenters. The average molecular weight is 277 g/mol. The van der Waals surface area contributed by atoms with Crippen LogP contribution in [0.4, 0.5) is 5.13 Å². The van der Waals surface area contributed by atoms with Crippen LogP contribution in [0.2, 0.25) is 0 Å². The number of benzene rings is 1. The van der Waals surface area contributed by atoms with Crippen molar-refractivity contribution >= 4 is 28.1 Å². The zero-order valence-electron chi connectivity index (χ0n) is 10.0. The number of alkyl halides is 1. The Morgan fingerprint density at radius 2 is 2.06 bits per heavy atom. The van der Waals surface area contributed by atoms with Gasteiger partial charge in [0.25, 0.3) is 0 Å². The highest BCUT2D eigenvalue weighted by molar-refractivity contribution is 7.15. The molecule has 4 heteroatoms. The van der Waals surface area contributed by atoms with Gasteiger partial charge in [0.1, 0.15) is 0 Å². The highest BCUT2D eigenvalue weighted by Crippen LogP contribution is 2.28. The molecule has 2 nitrogen and oxygen atoms in total. The van der Waals surface area contributed by atoms with E-state index in [0.29, 0.717) is 17.4 Å². The van der Waals surface area contributed by atoms with Gasteiger partial charge in [-0.1, -0.05) is 24.0 Å². The fourth-order valence-electron chi connectivity index (χ4n) is 1.61. The van der Waals surface area contributed by atoms with Gasteiger partial charge < -0.3 is 5.73 Å². The van der Waals surface area contributed by atoms with Gasteiger partial charge in [0.05, 0.1) is 5.69 Å². The molecule has 18 heavy (non-hydrogen) atoms. The first-order chi connectivity index (χ1) is 8.70. The summed E-state index contributed by atoms with van der Waals surface area (Å²) < 4.78 is 0. The molecule has 0 unspecified atom stereocenters. The molecule has 2 N–H and O–H groups in total. The molecule has 0 saturated carbocycles. The summed E-state index contributed by atoms with van der Waals surface area (Å²) >= 11 is 7.08. The molecule has 2 rings (SSSR count). The smallest absolute Gasteiger partial charge is 0.180 e. The fraction of sp³-hybridized carbons (Fsp3) is 0.214. The van der Waals surface area contributed by atoms with Gasteiger partial charge >= 0.3 is 0 Å². The van der Waals surface area contributed by atoms with E-state index in [1.165, 1.54) is 11.3 Å². The molecule has 0 spiro atoms. The number of anilines is 1. The van der Waals surface area contributed by atoms with Crippen LogP contribution in [-0.4, -0.2) is 10.9 Å². The van der Waals surface area contributed by atoms with Gasteiger partial charge in [0.2, 0.25) is 0 Å². The number of hydrogen-bond acceptors (Lipinski definition) is 3. The molecule has 0 saturated heterocycles. The molecular weight excluding hydrogens is 264 g/mol. The number of nitrogens with two attached hydrogens (primary N) is 1. The summed E-state index contributed by atoms with van der Waals surface area (Å²) in [5, 5.41) is 0.605. The first-order valence-electron chi connectivity index (χ1n) is 5.59. The van der Waals surface area contributed by atoms with Crippen molar-refractivity contribution in [2.45, 2.75) is 13.3 Å². The van der Waals surface area contributed by atoms with Crippen molar-refractivity contribution in [1.82, 2.24) is 4.98 Å². The summed E-state index contributed by atoms with van der Waals surface area (Å²) in [5.74, 6) is 6.65. The molecule has 0 radical (unpaired) electrons. The standard InChI is InChI=1S/C14H13ClN2S/c1-10-13(17-14(16)18-10)12-7-5-11(6-8-12)4-2-3-9-15/h5-8H,3,9H2,1H3,(H2,16,17). The summed E-state index contributed by atoms with van der Waals surface area (Å²) in [4.78, 5) is 5.46. The van der Waals surface area contributed by atoms with Gasteiger partial charge in [-0.2, -0.15) is 0 Å². The van der Waals surface area contributed by atoms with Gasteiger partial charge in [-0.15, -0.1) is 22.9 Å². The van der Waals surface area contributed by atoms with E-state index < -0.39 is 0 Å². The van der Waals surface area contributed by atoms with Gasteiger partial charge in [0.15, 0.2) is 5.13 Å². The van der Waals surface area contributed by atoms with Crippen LogP contribution in [0.25, 0.3) is 11.3 Å². The minimum atomic E-state index is 0.572. The molecule has 0 aliphatic carbocycles. The van der Waals surface area contributed by atoms with Crippen molar-refractivity contribution in [2.24, 2.45) is 0 Å². The van der Waals surface area contributed by atoms with Gasteiger partial charge in [-0.25, -0.2) is 4.98 Å². The lowest BCUT2D eigenvalue weighted by atomic mass is 10.1. The Balaban J connectivity index is 2.23. The third-order valence-electron chi connectivity index (χ3n) is 2.42. The lowest BCUT2D eigenvalue weighted by molar-refractivity contribution is 1.29. The number of aromatic nitrogens is 1. The molecule has 0 fully saturated rings. The van der Waals surface area contributed by atoms with Gasteiger partial charge in [0, 0.05) is 28.3 Å². The molecule has 1 aromatic carbocycles. The number of aryl methyl sites for hydroxylation is 1. The van der Waals surface area contributed by atoms with E-state index in [1.807, 2.05) is 31.2 Å². The Kier molecular flexibility index (Phi) is 4.24. The quantitative estimate of drug-likeness (QED) is 0.671. The number of rotatable bonds is 2. The summed E-state index contributed by atoms with van der Waals surface area (Å²) in [6.07, 6.45) is 0.713. The largest absolute Gasteiger partial charge is 0.375 e. The molecule has 0 aliphatic heterocycles. The van der Waals surface area contributed by atoms with Crippen LogP contribution >= 0.6 is 22.9 Å². The third-order valence-corrected chi connectivity index (χ3v) is 3.41. The van der Waals surface area contributed by atoms with E-state index in [4.69, 9.17) is 17.3 Å². The highest BCUT2D eigenvalue weighted by Gasteiger charge is 2.07. The van der Waals surface area contributed by atoms with Gasteiger partial charge in [-0.05, 0) is 19.1 Å². The maximum absolute atomic E-state index is 5.70. The Morgan fingerprint density at radius 3 is 2.61 bits per heavy atom. The molecule has 0 amide bonds. The monoisotopic (exact) mass is 276 g/mol. The maximum atomic E-state index is 5.70. The number of nitrogen functional groups attached to an aromatic ring is 1. The Labute approximate surface area is 116 Å². The van der Waals surface area contributed by atoms with Crippen LogP contribution in [0.5, 0.6) is 0 Å². The second kappa shape index (κ2) is 5.90. The van der Waals surface area contributed by atoms with Crippen molar-refractivity contribution < 1.29 is 0 Å². The van der Waals surface area contributed by atoms with E-state index in [0.717, 1.165) is 21.7 Å². The Hall–Kier alpha value is -1.50. The van der Waals surface area contributed by atoms with Crippen molar-refractivity contribution in [1.29, 1.82) is 0 Å². The fourth-order valence-corrected chi connectivity index (χ4v) is 2.41. The third kappa shape index (κ3) is 3.04. The van der Waals surface area contributed by atoms with E-state index in [-0.39, 0.29) is 0 Å². The summed E-state index contributed by atoms with van der Waals surface area (Å²) in [7, 11) is 0. The summed E-state index contributed by atoms with van der Waals surface area (Å²) in [6, 6.07) is 8.02. The van der Waals surface area contributed by atoms with E-state index in [2.05, 4.69) is 16.8 Å². The molecular formula is C14H13ClN2S. The maximum Gasteiger partial charge on any atom is 0.180 e. The highest BCUT2D eigenvalue weighted by atomic mass is 35.5. The minimum absolute atomic E-state index is 0.572. The average Bonchev–Trinajstić information content (AvgIpc) is 2.70. The predicted octanol–water partition coefficient (Wildman–Crippen LogP) is 3.68. The number of thiazole rings is 1. The normalized spacial score (nSPS) is 9.89. The predicted molar refractivity (Wildman–Crippen MR) is 78.9 cm³/mol. The minimum Gasteiger partial charge on any atom is -0.375 e. The number of hydrogen-bond donors (Lipinski definition) is 1.